The summed E-state index contributed by atoms with van der Waals surface area (Å²) >= 11 is 0. The van der Waals surface area contributed by atoms with E-state index in [0.717, 1.165) is 11.4 Å². The molecule has 1 aliphatic rings. The molecule has 4 heteroatoms. The van der Waals surface area contributed by atoms with Gasteiger partial charge in [0.15, 0.2) is 0 Å². The molecule has 0 spiro atoms. The zero-order chi connectivity index (χ0) is 18.2. The number of benzene rings is 2. The topological polar surface area (TPSA) is 32.8 Å². The fraction of sp³-hybridized carbons (Fsp3) is 0.381. The largest absolute Gasteiger partial charge is 0.444 e. The highest BCUT2D eigenvalue weighted by atomic mass is 16.6. The van der Waals surface area contributed by atoms with Crippen LogP contribution in [-0.2, 0) is 17.8 Å². The summed E-state index contributed by atoms with van der Waals surface area (Å²) in [5, 5.41) is 0. The highest BCUT2D eigenvalue weighted by molar-refractivity contribution is 5.70. The van der Waals surface area contributed by atoms with Gasteiger partial charge in [-0.15, -0.1) is 0 Å². The van der Waals surface area contributed by atoms with Gasteiger partial charge in [-0.25, -0.2) is 4.79 Å². The molecule has 0 N–H and O–H groups in total. The molecule has 1 aliphatic heterocycles. The molecule has 0 atom stereocenters. The number of fused-ring (bicyclic) bond motifs is 1. The van der Waals surface area contributed by atoms with Gasteiger partial charge in [0.05, 0.1) is 0 Å². The van der Waals surface area contributed by atoms with E-state index in [9.17, 15) is 4.79 Å². The van der Waals surface area contributed by atoms with Crippen molar-refractivity contribution in [3.05, 3.63) is 59.2 Å². The number of hydrogen-bond donors (Lipinski definition) is 0. The molecule has 0 saturated heterocycles. The lowest BCUT2D eigenvalue weighted by atomic mass is 10.1. The first-order valence-corrected chi connectivity index (χ1v) is 8.63. The van der Waals surface area contributed by atoms with Gasteiger partial charge < -0.3 is 9.64 Å². The third-order valence-electron chi connectivity index (χ3n) is 4.37. The normalized spacial score (nSPS) is 13.6. The van der Waals surface area contributed by atoms with E-state index in [1.54, 1.807) is 4.90 Å². The van der Waals surface area contributed by atoms with E-state index in [4.69, 9.17) is 4.74 Å². The first-order chi connectivity index (χ1) is 11.7. The van der Waals surface area contributed by atoms with Gasteiger partial charge in [-0.05, 0) is 63.1 Å². The first kappa shape index (κ1) is 17.3. The smallest absolute Gasteiger partial charge is 0.410 e. The molecule has 0 fully saturated rings. The first-order valence-electron chi connectivity index (χ1n) is 8.63. The summed E-state index contributed by atoms with van der Waals surface area (Å²) in [6.07, 6.45) is -0.253. The summed E-state index contributed by atoms with van der Waals surface area (Å²) in [5.74, 6) is 0. The van der Waals surface area contributed by atoms with Crippen molar-refractivity contribution in [3.8, 4) is 0 Å². The van der Waals surface area contributed by atoms with Crippen molar-refractivity contribution >= 4 is 17.5 Å². The van der Waals surface area contributed by atoms with Crippen LogP contribution in [0.2, 0.25) is 0 Å². The zero-order valence-corrected chi connectivity index (χ0v) is 15.7. The Morgan fingerprint density at radius 3 is 2.24 bits per heavy atom. The Balaban J connectivity index is 1.76. The molecular weight excluding hydrogens is 312 g/mol. The maximum absolute atomic E-state index is 12.3. The van der Waals surface area contributed by atoms with Crippen LogP contribution in [0, 0.1) is 6.92 Å². The molecule has 0 unspecified atom stereocenters. The maximum atomic E-state index is 12.3. The van der Waals surface area contributed by atoms with Crippen LogP contribution in [0.4, 0.5) is 16.2 Å². The summed E-state index contributed by atoms with van der Waals surface area (Å²) in [5.41, 5.74) is 5.41. The highest BCUT2D eigenvalue weighted by Crippen LogP contribution is 2.31. The molecule has 1 heterocycles. The van der Waals surface area contributed by atoms with Crippen LogP contribution in [0.3, 0.4) is 0 Å². The van der Waals surface area contributed by atoms with Crippen LogP contribution < -0.4 is 4.90 Å². The van der Waals surface area contributed by atoms with Gasteiger partial charge in [0.1, 0.15) is 5.60 Å². The molecule has 0 aromatic heterocycles. The second-order valence-corrected chi connectivity index (χ2v) is 7.68. The Labute approximate surface area is 150 Å². The van der Waals surface area contributed by atoms with E-state index in [-0.39, 0.29) is 6.09 Å². The number of ether oxygens (including phenoxy) is 1. The third kappa shape index (κ3) is 3.95. The summed E-state index contributed by atoms with van der Waals surface area (Å²) < 4.78 is 5.49. The van der Waals surface area contributed by atoms with Crippen molar-refractivity contribution in [2.24, 2.45) is 0 Å². The van der Waals surface area contributed by atoms with Gasteiger partial charge in [-0.3, -0.25) is 4.90 Å². The Hall–Kier alpha value is -2.49. The number of rotatable bonds is 2. The molecule has 0 bridgehead atoms. The third-order valence-corrected chi connectivity index (χ3v) is 4.37. The van der Waals surface area contributed by atoms with E-state index < -0.39 is 5.60 Å². The second-order valence-electron chi connectivity index (χ2n) is 7.68. The van der Waals surface area contributed by atoms with Crippen molar-refractivity contribution in [1.82, 2.24) is 4.90 Å². The SMILES string of the molecule is Cc1ccc(N(C)c2ccc3c(c2)CN(C(=O)OC(C)(C)C)C3)cc1. The standard InChI is InChI=1S/C21H26N2O2/c1-15-6-9-18(10-7-15)22(5)19-11-8-16-13-23(14-17(16)12-19)20(24)25-21(2,3)4/h6-12H,13-14H2,1-5H3. The van der Waals surface area contributed by atoms with Crippen molar-refractivity contribution in [2.75, 3.05) is 11.9 Å². The van der Waals surface area contributed by atoms with E-state index in [2.05, 4.69) is 61.3 Å². The predicted octanol–water partition coefficient (Wildman–Crippen LogP) is 5.01. The molecule has 2 aromatic rings. The molecule has 25 heavy (non-hydrogen) atoms. The fourth-order valence-electron chi connectivity index (χ4n) is 2.96. The number of carbonyl (C=O) groups is 1. The van der Waals surface area contributed by atoms with E-state index in [1.807, 2.05) is 20.8 Å². The van der Waals surface area contributed by atoms with Crippen molar-refractivity contribution in [1.29, 1.82) is 0 Å². The minimum absolute atomic E-state index is 0.253. The van der Waals surface area contributed by atoms with Gasteiger partial charge in [0.25, 0.3) is 0 Å². The minimum atomic E-state index is -0.470. The fourth-order valence-corrected chi connectivity index (χ4v) is 2.96. The van der Waals surface area contributed by atoms with Gasteiger partial charge >= 0.3 is 6.09 Å². The lowest BCUT2D eigenvalue weighted by Gasteiger charge is -2.24. The van der Waals surface area contributed by atoms with Crippen molar-refractivity contribution in [3.63, 3.8) is 0 Å². The van der Waals surface area contributed by atoms with Gasteiger partial charge in [-0.2, -0.15) is 0 Å². The predicted molar refractivity (Wildman–Crippen MR) is 101 cm³/mol. The molecule has 4 nitrogen and oxygen atoms in total. The number of aryl methyl sites for hydroxylation is 1. The Bertz CT molecular complexity index is 775. The number of anilines is 2. The number of carbonyl (C=O) groups excluding carboxylic acids is 1. The molecular formula is C21H26N2O2. The Morgan fingerprint density at radius 2 is 1.60 bits per heavy atom. The summed E-state index contributed by atoms with van der Waals surface area (Å²) in [4.78, 5) is 16.2. The van der Waals surface area contributed by atoms with Crippen LogP contribution in [-0.4, -0.2) is 23.6 Å². The average molecular weight is 338 g/mol. The lowest BCUT2D eigenvalue weighted by molar-refractivity contribution is 0.0242. The highest BCUT2D eigenvalue weighted by Gasteiger charge is 2.28. The van der Waals surface area contributed by atoms with Crippen molar-refractivity contribution < 1.29 is 9.53 Å². The Morgan fingerprint density at radius 1 is 1.00 bits per heavy atom. The van der Waals surface area contributed by atoms with Crippen molar-refractivity contribution in [2.45, 2.75) is 46.4 Å². The minimum Gasteiger partial charge on any atom is -0.444 e. The molecule has 0 saturated carbocycles. The number of amides is 1. The molecule has 0 radical (unpaired) electrons. The van der Waals surface area contributed by atoms with Gasteiger partial charge in [0, 0.05) is 31.5 Å². The van der Waals surface area contributed by atoms with Crippen LogP contribution in [0.15, 0.2) is 42.5 Å². The van der Waals surface area contributed by atoms with Crippen LogP contribution in [0.5, 0.6) is 0 Å². The number of nitrogens with zero attached hydrogens (tertiary/aromatic N) is 2. The van der Waals surface area contributed by atoms with E-state index in [1.165, 1.54) is 16.7 Å². The summed E-state index contributed by atoms with van der Waals surface area (Å²) in [6.45, 7) is 8.97. The molecule has 3 rings (SSSR count). The lowest BCUT2D eigenvalue weighted by Crippen LogP contribution is -2.33. The zero-order valence-electron chi connectivity index (χ0n) is 15.7. The summed E-state index contributed by atoms with van der Waals surface area (Å²) in [7, 11) is 2.06. The number of hydrogen-bond acceptors (Lipinski definition) is 3. The quantitative estimate of drug-likeness (QED) is 0.771. The molecule has 0 aliphatic carbocycles. The molecule has 2 aromatic carbocycles. The maximum Gasteiger partial charge on any atom is 0.410 e. The van der Waals surface area contributed by atoms with Crippen LogP contribution >= 0.6 is 0 Å². The van der Waals surface area contributed by atoms with Crippen LogP contribution in [0.25, 0.3) is 0 Å². The van der Waals surface area contributed by atoms with Gasteiger partial charge in [-0.1, -0.05) is 23.8 Å². The average Bonchev–Trinajstić information content (AvgIpc) is 2.96. The summed E-state index contributed by atoms with van der Waals surface area (Å²) in [6, 6.07) is 14.9. The van der Waals surface area contributed by atoms with Crippen LogP contribution in [0.1, 0.15) is 37.5 Å². The Kier molecular flexibility index (Phi) is 4.46. The molecule has 132 valence electrons. The van der Waals surface area contributed by atoms with Gasteiger partial charge in [0.2, 0.25) is 0 Å². The second kappa shape index (κ2) is 6.43. The van der Waals surface area contributed by atoms with E-state index >= 15 is 0 Å². The molecule has 1 amide bonds. The monoisotopic (exact) mass is 338 g/mol. The van der Waals surface area contributed by atoms with E-state index in [0.29, 0.717) is 13.1 Å².